The van der Waals surface area contributed by atoms with Crippen LogP contribution in [0.25, 0.3) is 88.5 Å². The zero-order valence-corrected chi connectivity index (χ0v) is 27.2. The van der Waals surface area contributed by atoms with Gasteiger partial charge in [0, 0.05) is 33.7 Å². The topological polar surface area (TPSA) is 22.8 Å². The summed E-state index contributed by atoms with van der Waals surface area (Å²) in [7, 11) is 0. The second-order valence-electron chi connectivity index (χ2n) is 12.9. The Morgan fingerprint density at radius 1 is 0.300 bits per heavy atom. The van der Waals surface area contributed by atoms with E-state index in [1.54, 1.807) is 0 Å². The molecule has 0 unspecified atom stereocenters. The van der Waals surface area contributed by atoms with Crippen molar-refractivity contribution in [1.29, 1.82) is 0 Å². The van der Waals surface area contributed by atoms with Crippen molar-refractivity contribution in [2.45, 2.75) is 0 Å². The molecule has 3 heterocycles. The maximum absolute atomic E-state index is 4.91. The Balaban J connectivity index is 1.12. The monoisotopic (exact) mass is 637 g/mol. The maximum Gasteiger partial charge on any atom is 0.0963 e. The normalized spacial score (nSPS) is 11.6. The third kappa shape index (κ3) is 4.56. The highest BCUT2D eigenvalue weighted by molar-refractivity contribution is 6.11. The Hall–Kier alpha value is -6.71. The highest BCUT2D eigenvalue weighted by Crippen LogP contribution is 2.38. The van der Waals surface area contributed by atoms with E-state index in [1.165, 1.54) is 55.2 Å². The molecule has 0 amide bonds. The van der Waals surface area contributed by atoms with Gasteiger partial charge in [0.25, 0.3) is 0 Å². The van der Waals surface area contributed by atoms with E-state index in [1.807, 2.05) is 12.3 Å². The molecule has 0 saturated carbocycles. The van der Waals surface area contributed by atoms with Crippen LogP contribution in [0.2, 0.25) is 0 Å². The number of nitrogens with zero attached hydrogens (tertiary/aromatic N) is 3. The van der Waals surface area contributed by atoms with Gasteiger partial charge in [-0.3, -0.25) is 4.98 Å². The number of benzene rings is 7. The third-order valence-electron chi connectivity index (χ3n) is 9.97. The van der Waals surface area contributed by atoms with E-state index in [4.69, 9.17) is 4.98 Å². The average molecular weight is 638 g/mol. The number of aromatic nitrogens is 3. The van der Waals surface area contributed by atoms with Crippen molar-refractivity contribution < 1.29 is 0 Å². The van der Waals surface area contributed by atoms with Gasteiger partial charge in [0.1, 0.15) is 0 Å². The molecule has 3 nitrogen and oxygen atoms in total. The van der Waals surface area contributed by atoms with Crippen LogP contribution < -0.4 is 0 Å². The van der Waals surface area contributed by atoms with E-state index in [0.29, 0.717) is 0 Å². The summed E-state index contributed by atoms with van der Waals surface area (Å²) < 4.78 is 4.74. The van der Waals surface area contributed by atoms with Gasteiger partial charge < -0.3 is 9.13 Å². The number of para-hydroxylation sites is 1. The average Bonchev–Trinajstić information content (AvgIpc) is 3.71. The number of fused-ring (bicyclic) bond motifs is 6. The molecule has 234 valence electrons. The van der Waals surface area contributed by atoms with Gasteiger partial charge >= 0.3 is 0 Å². The van der Waals surface area contributed by atoms with E-state index < -0.39 is 0 Å². The highest BCUT2D eigenvalue weighted by atomic mass is 15.0. The van der Waals surface area contributed by atoms with Crippen LogP contribution >= 0.6 is 0 Å². The van der Waals surface area contributed by atoms with Crippen LogP contribution in [-0.4, -0.2) is 14.1 Å². The van der Waals surface area contributed by atoms with Gasteiger partial charge in [0.2, 0.25) is 0 Å². The van der Waals surface area contributed by atoms with Crippen LogP contribution in [0, 0.1) is 0 Å². The number of pyridine rings is 1. The molecular weight excluding hydrogens is 607 g/mol. The zero-order chi connectivity index (χ0) is 33.0. The fraction of sp³-hybridized carbons (Fsp3) is 0. The van der Waals surface area contributed by atoms with Gasteiger partial charge in [-0.25, -0.2) is 0 Å². The van der Waals surface area contributed by atoms with Crippen molar-refractivity contribution in [3.8, 4) is 44.8 Å². The predicted octanol–water partition coefficient (Wildman–Crippen LogP) is 12.3. The Morgan fingerprint density at radius 2 is 0.860 bits per heavy atom. The Kier molecular flexibility index (Phi) is 6.49. The molecule has 10 rings (SSSR count). The van der Waals surface area contributed by atoms with Crippen molar-refractivity contribution in [2.75, 3.05) is 0 Å². The molecule has 0 fully saturated rings. The molecule has 3 aromatic heterocycles. The van der Waals surface area contributed by atoms with E-state index in [2.05, 4.69) is 185 Å². The molecule has 10 aromatic rings. The SMILES string of the molecule is c1ccc(-c2ccc(-n3c4ccccc4c4ccc(-c5ccc6c(c5)c5ncccc5n6-c5cccc(-c6ccccc6)c5)cc43)cc2)cc1. The first kappa shape index (κ1) is 28.3. The van der Waals surface area contributed by atoms with Crippen molar-refractivity contribution in [2.24, 2.45) is 0 Å². The van der Waals surface area contributed by atoms with E-state index in [9.17, 15) is 0 Å². The van der Waals surface area contributed by atoms with Gasteiger partial charge in [-0.15, -0.1) is 0 Å². The minimum Gasteiger partial charge on any atom is -0.309 e. The molecule has 50 heavy (non-hydrogen) atoms. The summed E-state index contributed by atoms with van der Waals surface area (Å²) >= 11 is 0. The molecule has 0 spiro atoms. The van der Waals surface area contributed by atoms with Crippen LogP contribution in [0.1, 0.15) is 0 Å². The third-order valence-corrected chi connectivity index (χ3v) is 9.97. The van der Waals surface area contributed by atoms with Crippen molar-refractivity contribution in [3.63, 3.8) is 0 Å². The minimum absolute atomic E-state index is 1.00. The van der Waals surface area contributed by atoms with Crippen LogP contribution in [0.4, 0.5) is 0 Å². The van der Waals surface area contributed by atoms with Gasteiger partial charge in [-0.05, 0) is 94.0 Å². The Morgan fingerprint density at radius 3 is 1.68 bits per heavy atom. The fourth-order valence-electron chi connectivity index (χ4n) is 7.61. The van der Waals surface area contributed by atoms with Crippen molar-refractivity contribution in [3.05, 3.63) is 188 Å². The second-order valence-corrected chi connectivity index (χ2v) is 12.9. The van der Waals surface area contributed by atoms with E-state index >= 15 is 0 Å². The Labute approximate surface area is 290 Å². The summed E-state index contributed by atoms with van der Waals surface area (Å²) in [6, 6.07) is 65.4. The predicted molar refractivity (Wildman–Crippen MR) is 209 cm³/mol. The summed E-state index contributed by atoms with van der Waals surface area (Å²) in [4.78, 5) is 4.91. The summed E-state index contributed by atoms with van der Waals surface area (Å²) in [5, 5.41) is 3.64. The minimum atomic E-state index is 1.00. The van der Waals surface area contributed by atoms with Gasteiger partial charge in [0.05, 0.1) is 27.6 Å². The van der Waals surface area contributed by atoms with E-state index in [0.717, 1.165) is 33.3 Å². The first-order chi connectivity index (χ1) is 24.8. The number of hydrogen-bond donors (Lipinski definition) is 0. The standard InChI is InChI=1S/C47H31N3/c1-3-11-32(12-4-1)34-20-24-38(25-21-34)49-43-18-8-7-17-40(43)41-26-22-37(31-46(41)49)36-23-27-44-42(30-36)47-45(19-10-28-48-47)50(44)39-16-9-15-35(29-39)33-13-5-2-6-14-33/h1-31H. The molecule has 0 N–H and O–H groups in total. The highest BCUT2D eigenvalue weighted by Gasteiger charge is 2.17. The molecule has 0 bridgehead atoms. The molecule has 0 atom stereocenters. The molecule has 0 aliphatic rings. The lowest BCUT2D eigenvalue weighted by Gasteiger charge is -2.11. The second kappa shape index (κ2) is 11.5. The van der Waals surface area contributed by atoms with Crippen LogP contribution in [0.3, 0.4) is 0 Å². The fourth-order valence-corrected chi connectivity index (χ4v) is 7.61. The molecule has 0 saturated heterocycles. The van der Waals surface area contributed by atoms with Crippen LogP contribution in [0.5, 0.6) is 0 Å². The van der Waals surface area contributed by atoms with Gasteiger partial charge in [-0.2, -0.15) is 0 Å². The summed E-state index contributed by atoms with van der Waals surface area (Å²) in [5.74, 6) is 0. The van der Waals surface area contributed by atoms with Crippen molar-refractivity contribution in [1.82, 2.24) is 14.1 Å². The molecule has 0 aliphatic heterocycles. The van der Waals surface area contributed by atoms with Crippen LogP contribution in [0.15, 0.2) is 188 Å². The lowest BCUT2D eigenvalue weighted by atomic mass is 10.0. The van der Waals surface area contributed by atoms with Gasteiger partial charge in [-0.1, -0.05) is 121 Å². The lowest BCUT2D eigenvalue weighted by molar-refractivity contribution is 1.18. The first-order valence-electron chi connectivity index (χ1n) is 17.0. The molecular formula is C47H31N3. The molecule has 0 aliphatic carbocycles. The van der Waals surface area contributed by atoms with Gasteiger partial charge in [0.15, 0.2) is 0 Å². The lowest BCUT2D eigenvalue weighted by Crippen LogP contribution is -1.94. The largest absolute Gasteiger partial charge is 0.309 e. The zero-order valence-electron chi connectivity index (χ0n) is 27.2. The quantitative estimate of drug-likeness (QED) is 0.184. The number of hydrogen-bond acceptors (Lipinski definition) is 1. The van der Waals surface area contributed by atoms with Crippen LogP contribution in [-0.2, 0) is 0 Å². The summed E-state index contributed by atoms with van der Waals surface area (Å²) in [5.41, 5.74) is 15.1. The smallest absolute Gasteiger partial charge is 0.0963 e. The molecule has 7 aromatic carbocycles. The summed E-state index contributed by atoms with van der Waals surface area (Å²) in [6.07, 6.45) is 1.90. The Bertz CT molecular complexity index is 2840. The van der Waals surface area contributed by atoms with Crippen molar-refractivity contribution >= 4 is 43.7 Å². The molecule has 0 radical (unpaired) electrons. The maximum atomic E-state index is 4.91. The number of rotatable bonds is 5. The first-order valence-corrected chi connectivity index (χ1v) is 17.0. The molecule has 3 heteroatoms. The summed E-state index contributed by atoms with van der Waals surface area (Å²) in [6.45, 7) is 0. The van der Waals surface area contributed by atoms with E-state index in [-0.39, 0.29) is 0 Å².